The molecule has 3 nitrogen and oxygen atoms in total. The zero-order valence-corrected chi connectivity index (χ0v) is 7.85. The summed E-state index contributed by atoms with van der Waals surface area (Å²) in [5.74, 6) is 0. The van der Waals surface area contributed by atoms with Crippen LogP contribution in [-0.2, 0) is 6.42 Å². The van der Waals surface area contributed by atoms with E-state index in [1.54, 1.807) is 18.3 Å². The second-order valence-corrected chi connectivity index (χ2v) is 2.67. The predicted octanol–water partition coefficient (Wildman–Crippen LogP) is 0.976. The van der Waals surface area contributed by atoms with Crippen LogP contribution < -0.4 is 5.73 Å². The molecule has 1 unspecified atom stereocenters. The van der Waals surface area contributed by atoms with Gasteiger partial charge >= 0.3 is 0 Å². The molecule has 1 atom stereocenters. The lowest BCUT2D eigenvalue weighted by Crippen LogP contribution is -2.21. The van der Waals surface area contributed by atoms with Gasteiger partial charge in [0.2, 0.25) is 0 Å². The van der Waals surface area contributed by atoms with Gasteiger partial charge in [-0.1, -0.05) is 11.6 Å². The second-order valence-electron chi connectivity index (χ2n) is 2.24. The van der Waals surface area contributed by atoms with Crippen LogP contribution in [-0.4, -0.2) is 16.3 Å². The fraction of sp³-hybridized carbons (Fsp3) is 0.286. The third-order valence-corrected chi connectivity index (χ3v) is 1.43. The molecule has 0 saturated carbocycles. The smallest absolute Gasteiger partial charge is 0.108 e. The van der Waals surface area contributed by atoms with E-state index in [2.05, 4.69) is 4.98 Å². The first-order valence-electron chi connectivity index (χ1n) is 3.22. The van der Waals surface area contributed by atoms with Crippen molar-refractivity contribution in [2.24, 2.45) is 5.73 Å². The van der Waals surface area contributed by atoms with E-state index in [-0.39, 0.29) is 12.4 Å². The first-order chi connectivity index (χ1) is 5.18. The normalized spacial score (nSPS) is 11.9. The molecule has 0 spiro atoms. The van der Waals surface area contributed by atoms with Gasteiger partial charge in [-0.15, -0.1) is 12.4 Å². The van der Waals surface area contributed by atoms with Gasteiger partial charge in [-0.2, -0.15) is 0 Å². The van der Waals surface area contributed by atoms with Gasteiger partial charge in [0.25, 0.3) is 0 Å². The highest BCUT2D eigenvalue weighted by molar-refractivity contribution is 6.30. The highest BCUT2D eigenvalue weighted by Crippen LogP contribution is 2.08. The van der Waals surface area contributed by atoms with Crippen molar-refractivity contribution in [1.29, 1.82) is 0 Å². The van der Waals surface area contributed by atoms with Crippen molar-refractivity contribution in [2.75, 3.05) is 0 Å². The number of nitrogens with two attached hydrogens (primary N) is 1. The van der Waals surface area contributed by atoms with E-state index in [0.29, 0.717) is 17.1 Å². The summed E-state index contributed by atoms with van der Waals surface area (Å²) in [5.41, 5.74) is 5.85. The number of rotatable bonds is 2. The van der Waals surface area contributed by atoms with Gasteiger partial charge in [0.05, 0.1) is 0 Å². The maximum atomic E-state index is 8.79. The molecule has 1 aromatic rings. The fourth-order valence-electron chi connectivity index (χ4n) is 0.775. The lowest BCUT2D eigenvalue weighted by Gasteiger charge is -2.02. The van der Waals surface area contributed by atoms with E-state index >= 15 is 0 Å². The van der Waals surface area contributed by atoms with E-state index in [4.69, 9.17) is 22.4 Å². The SMILES string of the molecule is Cl.NC(O)Cc1cc(Cl)ccn1. The largest absolute Gasteiger partial charge is 0.378 e. The van der Waals surface area contributed by atoms with Crippen molar-refractivity contribution in [3.63, 3.8) is 0 Å². The summed E-state index contributed by atoms with van der Waals surface area (Å²) in [7, 11) is 0. The van der Waals surface area contributed by atoms with Crippen molar-refractivity contribution in [3.8, 4) is 0 Å². The molecule has 0 radical (unpaired) electrons. The highest BCUT2D eigenvalue weighted by Gasteiger charge is 1.99. The third-order valence-electron chi connectivity index (χ3n) is 1.20. The van der Waals surface area contributed by atoms with Crippen molar-refractivity contribution < 1.29 is 5.11 Å². The fourth-order valence-corrected chi connectivity index (χ4v) is 0.957. The third kappa shape index (κ3) is 3.88. The summed E-state index contributed by atoms with van der Waals surface area (Å²) >= 11 is 5.67. The van der Waals surface area contributed by atoms with Crippen LogP contribution in [0.5, 0.6) is 0 Å². The molecule has 12 heavy (non-hydrogen) atoms. The van der Waals surface area contributed by atoms with Gasteiger partial charge in [0.1, 0.15) is 6.23 Å². The van der Waals surface area contributed by atoms with Crippen LogP contribution in [0.3, 0.4) is 0 Å². The van der Waals surface area contributed by atoms with E-state index in [1.165, 1.54) is 0 Å². The number of pyridine rings is 1. The van der Waals surface area contributed by atoms with Crippen molar-refractivity contribution in [1.82, 2.24) is 4.98 Å². The molecule has 1 heterocycles. The molecule has 0 amide bonds. The molecule has 0 fully saturated rings. The van der Waals surface area contributed by atoms with E-state index in [9.17, 15) is 0 Å². The van der Waals surface area contributed by atoms with Crippen LogP contribution in [0.2, 0.25) is 5.02 Å². The molecule has 0 aliphatic heterocycles. The first kappa shape index (κ1) is 11.6. The number of hydrogen-bond donors (Lipinski definition) is 2. The Labute approximate surface area is 82.0 Å². The minimum Gasteiger partial charge on any atom is -0.378 e. The Balaban J connectivity index is 0.00000121. The lowest BCUT2D eigenvalue weighted by atomic mass is 10.2. The van der Waals surface area contributed by atoms with Gasteiger partial charge < -0.3 is 10.8 Å². The topological polar surface area (TPSA) is 59.1 Å². The number of aliphatic hydroxyl groups is 1. The van der Waals surface area contributed by atoms with Crippen LogP contribution in [0.4, 0.5) is 0 Å². The van der Waals surface area contributed by atoms with E-state index in [1.807, 2.05) is 0 Å². The van der Waals surface area contributed by atoms with Crippen molar-refractivity contribution >= 4 is 24.0 Å². The molecule has 0 saturated heterocycles. The Morgan fingerprint density at radius 3 is 2.83 bits per heavy atom. The number of hydrogen-bond acceptors (Lipinski definition) is 3. The van der Waals surface area contributed by atoms with Crippen LogP contribution >= 0.6 is 24.0 Å². The summed E-state index contributed by atoms with van der Waals surface area (Å²) in [4.78, 5) is 3.96. The van der Waals surface area contributed by atoms with Crippen molar-refractivity contribution in [2.45, 2.75) is 12.6 Å². The van der Waals surface area contributed by atoms with Gasteiger partial charge in [-0.05, 0) is 12.1 Å². The lowest BCUT2D eigenvalue weighted by molar-refractivity contribution is 0.181. The molecule has 68 valence electrons. The Kier molecular flexibility index (Phi) is 5.17. The summed E-state index contributed by atoms with van der Waals surface area (Å²) in [5, 5.41) is 9.40. The molecule has 1 rings (SSSR count). The van der Waals surface area contributed by atoms with Gasteiger partial charge in [0, 0.05) is 23.3 Å². The highest BCUT2D eigenvalue weighted by atomic mass is 35.5. The number of halogens is 2. The summed E-state index contributed by atoms with van der Waals surface area (Å²) in [6, 6.07) is 3.35. The number of nitrogens with zero attached hydrogens (tertiary/aromatic N) is 1. The molecule has 3 N–H and O–H groups in total. The van der Waals surface area contributed by atoms with Crippen LogP contribution in [0.25, 0.3) is 0 Å². The Morgan fingerprint density at radius 1 is 1.67 bits per heavy atom. The number of aromatic nitrogens is 1. The van der Waals surface area contributed by atoms with Crippen molar-refractivity contribution in [3.05, 3.63) is 29.0 Å². The Morgan fingerprint density at radius 2 is 2.33 bits per heavy atom. The van der Waals surface area contributed by atoms with E-state index in [0.717, 1.165) is 0 Å². The minimum atomic E-state index is -0.860. The van der Waals surface area contributed by atoms with Crippen LogP contribution in [0.15, 0.2) is 18.3 Å². The van der Waals surface area contributed by atoms with Crippen LogP contribution in [0, 0.1) is 0 Å². The standard InChI is InChI=1S/C7H9ClN2O.ClH/c8-5-1-2-10-6(3-5)4-7(9)11;/h1-3,7,11H,4,9H2;1H. The number of aliphatic hydroxyl groups excluding tert-OH is 1. The van der Waals surface area contributed by atoms with Gasteiger partial charge in [-0.3, -0.25) is 4.98 Å². The maximum absolute atomic E-state index is 8.79. The summed E-state index contributed by atoms with van der Waals surface area (Å²) in [6.07, 6.45) is 1.06. The molecule has 0 aliphatic rings. The summed E-state index contributed by atoms with van der Waals surface area (Å²) < 4.78 is 0. The molecule has 1 aromatic heterocycles. The molecular formula is C7H10Cl2N2O. The molecular weight excluding hydrogens is 199 g/mol. The van der Waals surface area contributed by atoms with Gasteiger partial charge in [-0.25, -0.2) is 0 Å². The Bertz CT molecular complexity index is 243. The molecule has 5 heteroatoms. The van der Waals surface area contributed by atoms with E-state index < -0.39 is 6.23 Å². The molecule has 0 aromatic carbocycles. The van der Waals surface area contributed by atoms with Gasteiger partial charge in [0.15, 0.2) is 0 Å². The zero-order chi connectivity index (χ0) is 8.27. The minimum absolute atomic E-state index is 0. The quantitative estimate of drug-likeness (QED) is 0.713. The average Bonchev–Trinajstić information content (AvgIpc) is 1.85. The second kappa shape index (κ2) is 5.32. The molecule has 0 bridgehead atoms. The summed E-state index contributed by atoms with van der Waals surface area (Å²) in [6.45, 7) is 0. The maximum Gasteiger partial charge on any atom is 0.108 e. The molecule has 0 aliphatic carbocycles. The zero-order valence-electron chi connectivity index (χ0n) is 6.27. The average molecular weight is 209 g/mol. The predicted molar refractivity (Wildman–Crippen MR) is 50.4 cm³/mol. The first-order valence-corrected chi connectivity index (χ1v) is 3.60. The Hall–Kier alpha value is -0.350. The monoisotopic (exact) mass is 208 g/mol. The van der Waals surface area contributed by atoms with Crippen LogP contribution in [0.1, 0.15) is 5.69 Å².